The van der Waals surface area contributed by atoms with Gasteiger partial charge < -0.3 is 19.5 Å². The summed E-state index contributed by atoms with van der Waals surface area (Å²) >= 11 is 0. The van der Waals surface area contributed by atoms with E-state index in [2.05, 4.69) is 30.9 Å². The van der Waals surface area contributed by atoms with Crippen LogP contribution < -0.4 is 9.64 Å². The number of hydrogen-bond donors (Lipinski definition) is 1. The smallest absolute Gasteiger partial charge is 0.227 e. The number of nitrogens with zero attached hydrogens (tertiary/aromatic N) is 5. The van der Waals surface area contributed by atoms with Gasteiger partial charge in [-0.25, -0.2) is 9.97 Å². The van der Waals surface area contributed by atoms with Crippen LogP contribution in [0, 0.1) is 0 Å². The highest BCUT2D eigenvalue weighted by Gasteiger charge is 2.24. The van der Waals surface area contributed by atoms with Crippen molar-refractivity contribution in [1.82, 2.24) is 24.8 Å². The number of aromatic nitrogens is 4. The summed E-state index contributed by atoms with van der Waals surface area (Å²) < 4.78 is 5.55. The summed E-state index contributed by atoms with van der Waals surface area (Å²) in [6, 6.07) is 13.8. The molecule has 1 saturated heterocycles. The molecule has 8 heteroatoms. The van der Waals surface area contributed by atoms with Crippen LogP contribution in [0.1, 0.15) is 12.5 Å². The van der Waals surface area contributed by atoms with Gasteiger partial charge in [-0.2, -0.15) is 0 Å². The number of carbonyl (C=O) groups is 1. The molecule has 1 fully saturated rings. The van der Waals surface area contributed by atoms with Crippen molar-refractivity contribution in [1.29, 1.82) is 0 Å². The number of rotatable bonds is 6. The second-order valence-corrected chi connectivity index (χ2v) is 8.01. The molecule has 1 aromatic carbocycles. The summed E-state index contributed by atoms with van der Waals surface area (Å²) in [5.41, 5.74) is 3.74. The SMILES string of the molecule is CCOc1cccc(CC(=O)N2CCN(c3ncnc4[nH]c(-c5cccnc5)cc34)CC2)c1. The molecule has 33 heavy (non-hydrogen) atoms. The normalized spacial score (nSPS) is 14.0. The number of nitrogens with one attached hydrogen (secondary N) is 1. The van der Waals surface area contributed by atoms with Crippen LogP contribution in [-0.2, 0) is 11.2 Å². The second kappa shape index (κ2) is 9.28. The van der Waals surface area contributed by atoms with E-state index in [0.29, 0.717) is 26.1 Å². The molecular weight excluding hydrogens is 416 g/mol. The Morgan fingerprint density at radius 1 is 1.09 bits per heavy atom. The van der Waals surface area contributed by atoms with Crippen LogP contribution in [0.5, 0.6) is 5.75 Å². The van der Waals surface area contributed by atoms with Crippen molar-refractivity contribution in [2.45, 2.75) is 13.3 Å². The second-order valence-electron chi connectivity index (χ2n) is 8.01. The van der Waals surface area contributed by atoms with Gasteiger partial charge in [-0.3, -0.25) is 9.78 Å². The Kier molecular flexibility index (Phi) is 5.89. The number of H-pyrrole nitrogens is 1. The summed E-state index contributed by atoms with van der Waals surface area (Å²) in [4.78, 5) is 33.6. The van der Waals surface area contributed by atoms with E-state index in [-0.39, 0.29) is 5.91 Å². The standard InChI is InChI=1S/C25H26N6O2/c1-2-33-20-7-3-5-18(13-20)14-23(32)30-9-11-31(12-10-30)25-21-15-22(19-6-4-8-26-16-19)29-24(21)27-17-28-25/h3-8,13,15-17H,2,9-12,14H2,1H3,(H,27,28,29). The number of anilines is 1. The van der Waals surface area contributed by atoms with Crippen LogP contribution in [0.4, 0.5) is 5.82 Å². The Hall–Kier alpha value is -3.94. The van der Waals surface area contributed by atoms with Crippen LogP contribution in [-0.4, -0.2) is 63.5 Å². The zero-order chi connectivity index (χ0) is 22.6. The Morgan fingerprint density at radius 3 is 2.76 bits per heavy atom. The highest BCUT2D eigenvalue weighted by atomic mass is 16.5. The summed E-state index contributed by atoms with van der Waals surface area (Å²) in [5, 5.41) is 0.976. The topological polar surface area (TPSA) is 87.2 Å². The van der Waals surface area contributed by atoms with Crippen molar-refractivity contribution in [3.05, 3.63) is 66.7 Å². The third-order valence-corrected chi connectivity index (χ3v) is 5.87. The minimum atomic E-state index is 0.136. The van der Waals surface area contributed by atoms with Crippen LogP contribution in [0.2, 0.25) is 0 Å². The third kappa shape index (κ3) is 4.50. The maximum absolute atomic E-state index is 12.9. The first kappa shape index (κ1) is 20.9. The summed E-state index contributed by atoms with van der Waals surface area (Å²) in [7, 11) is 0. The van der Waals surface area contributed by atoms with Crippen LogP contribution in [0.15, 0.2) is 61.2 Å². The number of pyridine rings is 1. The number of hydrogen-bond acceptors (Lipinski definition) is 6. The molecule has 1 amide bonds. The van der Waals surface area contributed by atoms with Crippen molar-refractivity contribution < 1.29 is 9.53 Å². The van der Waals surface area contributed by atoms with E-state index in [4.69, 9.17) is 4.74 Å². The lowest BCUT2D eigenvalue weighted by molar-refractivity contribution is -0.130. The molecule has 3 aromatic heterocycles. The fourth-order valence-electron chi connectivity index (χ4n) is 4.22. The van der Waals surface area contributed by atoms with Gasteiger partial charge in [0.1, 0.15) is 23.5 Å². The molecule has 168 valence electrons. The first-order chi connectivity index (χ1) is 16.2. The molecule has 1 aliphatic heterocycles. The first-order valence-corrected chi connectivity index (χ1v) is 11.2. The van der Waals surface area contributed by atoms with E-state index in [1.165, 1.54) is 0 Å². The molecule has 0 atom stereocenters. The summed E-state index contributed by atoms with van der Waals surface area (Å²) in [6.07, 6.45) is 5.55. The number of aromatic amines is 1. The average Bonchev–Trinajstić information content (AvgIpc) is 3.30. The minimum absolute atomic E-state index is 0.136. The minimum Gasteiger partial charge on any atom is -0.494 e. The van der Waals surface area contributed by atoms with E-state index in [9.17, 15) is 4.79 Å². The molecule has 4 aromatic rings. The largest absolute Gasteiger partial charge is 0.494 e. The number of benzene rings is 1. The first-order valence-electron chi connectivity index (χ1n) is 11.2. The Morgan fingerprint density at radius 2 is 1.97 bits per heavy atom. The Labute approximate surface area is 192 Å². The average molecular weight is 443 g/mol. The van der Waals surface area contributed by atoms with Gasteiger partial charge in [0.15, 0.2) is 0 Å². The molecule has 1 aliphatic rings. The van der Waals surface area contributed by atoms with E-state index in [0.717, 1.165) is 52.5 Å². The van der Waals surface area contributed by atoms with Crippen LogP contribution in [0.25, 0.3) is 22.3 Å². The van der Waals surface area contributed by atoms with Gasteiger partial charge in [0.05, 0.1) is 18.4 Å². The lowest BCUT2D eigenvalue weighted by atomic mass is 10.1. The summed E-state index contributed by atoms with van der Waals surface area (Å²) in [6.45, 7) is 5.34. The van der Waals surface area contributed by atoms with Gasteiger partial charge in [-0.1, -0.05) is 12.1 Å². The third-order valence-electron chi connectivity index (χ3n) is 5.87. The number of amides is 1. The molecule has 4 heterocycles. The van der Waals surface area contributed by atoms with Crippen LogP contribution in [0.3, 0.4) is 0 Å². The van der Waals surface area contributed by atoms with E-state index in [1.54, 1.807) is 12.5 Å². The molecule has 0 spiro atoms. The molecule has 1 N–H and O–H groups in total. The predicted molar refractivity (Wildman–Crippen MR) is 127 cm³/mol. The molecule has 5 rings (SSSR count). The van der Waals surface area contributed by atoms with Gasteiger partial charge in [-0.15, -0.1) is 0 Å². The lowest BCUT2D eigenvalue weighted by Gasteiger charge is -2.35. The monoisotopic (exact) mass is 442 g/mol. The number of ether oxygens (including phenoxy) is 1. The van der Waals surface area contributed by atoms with E-state index in [1.807, 2.05) is 54.4 Å². The Balaban J connectivity index is 1.27. The molecule has 0 bridgehead atoms. The number of piperazine rings is 1. The highest BCUT2D eigenvalue weighted by Crippen LogP contribution is 2.29. The summed E-state index contributed by atoms with van der Waals surface area (Å²) in [5.74, 6) is 1.83. The zero-order valence-corrected chi connectivity index (χ0v) is 18.6. The van der Waals surface area contributed by atoms with Gasteiger partial charge in [0.2, 0.25) is 5.91 Å². The lowest BCUT2D eigenvalue weighted by Crippen LogP contribution is -2.49. The molecule has 0 unspecified atom stereocenters. The highest BCUT2D eigenvalue weighted by molar-refractivity contribution is 5.92. The number of fused-ring (bicyclic) bond motifs is 1. The Bertz CT molecular complexity index is 1250. The maximum Gasteiger partial charge on any atom is 0.227 e. The van der Waals surface area contributed by atoms with Gasteiger partial charge in [0.25, 0.3) is 0 Å². The fraction of sp³-hybridized carbons (Fsp3) is 0.280. The predicted octanol–water partition coefficient (Wildman–Crippen LogP) is 3.31. The molecular formula is C25H26N6O2. The fourth-order valence-corrected chi connectivity index (χ4v) is 4.22. The molecule has 0 aliphatic carbocycles. The van der Waals surface area contributed by atoms with Gasteiger partial charge in [-0.05, 0) is 42.8 Å². The van der Waals surface area contributed by atoms with Gasteiger partial charge in [0, 0.05) is 49.8 Å². The van der Waals surface area contributed by atoms with Crippen molar-refractivity contribution in [3.63, 3.8) is 0 Å². The van der Waals surface area contributed by atoms with Crippen molar-refractivity contribution in [3.8, 4) is 17.0 Å². The molecule has 0 saturated carbocycles. The van der Waals surface area contributed by atoms with E-state index >= 15 is 0 Å². The van der Waals surface area contributed by atoms with Crippen molar-refractivity contribution in [2.24, 2.45) is 0 Å². The van der Waals surface area contributed by atoms with Crippen molar-refractivity contribution >= 4 is 22.8 Å². The van der Waals surface area contributed by atoms with Crippen LogP contribution >= 0.6 is 0 Å². The quantitative estimate of drug-likeness (QED) is 0.493. The van der Waals surface area contributed by atoms with Crippen molar-refractivity contribution in [2.75, 3.05) is 37.7 Å². The number of carbonyl (C=O) groups excluding carboxylic acids is 1. The zero-order valence-electron chi connectivity index (χ0n) is 18.6. The maximum atomic E-state index is 12.9. The molecule has 0 radical (unpaired) electrons. The van der Waals surface area contributed by atoms with Gasteiger partial charge >= 0.3 is 0 Å². The molecule has 8 nitrogen and oxygen atoms in total. The van der Waals surface area contributed by atoms with E-state index < -0.39 is 0 Å².